The van der Waals surface area contributed by atoms with Crippen LogP contribution in [0.4, 0.5) is 0 Å². The van der Waals surface area contributed by atoms with E-state index in [0.29, 0.717) is 0 Å². The number of hydrogen-bond donors (Lipinski definition) is 0. The second-order valence-corrected chi connectivity index (χ2v) is 11.1. The van der Waals surface area contributed by atoms with E-state index in [2.05, 4.69) is 123 Å². The Balaban J connectivity index is 1.57. The zero-order chi connectivity index (χ0) is 25.4. The van der Waals surface area contributed by atoms with Crippen LogP contribution in [0.2, 0.25) is 0 Å². The number of fused-ring (bicyclic) bond motifs is 6. The summed E-state index contributed by atoms with van der Waals surface area (Å²) in [6, 6.07) is 41.4. The first-order valence-electron chi connectivity index (χ1n) is 13.6. The van der Waals surface area contributed by atoms with Gasteiger partial charge in [0, 0.05) is 0 Å². The lowest BCUT2D eigenvalue weighted by Crippen LogP contribution is -2.14. The molecule has 6 aromatic carbocycles. The minimum atomic E-state index is 0.970. The van der Waals surface area contributed by atoms with Crippen LogP contribution in [-0.2, 0) is 12.8 Å². The van der Waals surface area contributed by atoms with Crippen LogP contribution in [0.25, 0.3) is 32.7 Å². The zero-order valence-corrected chi connectivity index (χ0v) is 21.8. The highest BCUT2D eigenvalue weighted by molar-refractivity contribution is 6.11. The Morgan fingerprint density at radius 2 is 0.737 bits per heavy atom. The molecule has 2 aliphatic rings. The van der Waals surface area contributed by atoms with E-state index in [9.17, 15) is 0 Å². The van der Waals surface area contributed by atoms with Crippen molar-refractivity contribution in [1.29, 1.82) is 0 Å². The molecule has 8 rings (SSSR count). The van der Waals surface area contributed by atoms with Gasteiger partial charge in [0.1, 0.15) is 0 Å². The van der Waals surface area contributed by atoms with Gasteiger partial charge < -0.3 is 0 Å². The van der Waals surface area contributed by atoms with E-state index in [-0.39, 0.29) is 0 Å². The Hall–Kier alpha value is -4.42. The SMILES string of the molecule is Cc1ccc2c(c1)/C(=C1/c3cc(C)ccc3Cc3cc4ccccc4cc31)c1cc3ccccc3cc1C2. The number of rotatable bonds is 0. The van der Waals surface area contributed by atoms with Crippen molar-refractivity contribution in [2.75, 3.05) is 0 Å². The second kappa shape index (κ2) is 8.04. The number of hydrogen-bond acceptors (Lipinski definition) is 0. The molecular formula is C38H28. The summed E-state index contributed by atoms with van der Waals surface area (Å²) in [7, 11) is 0. The van der Waals surface area contributed by atoms with Gasteiger partial charge in [0.2, 0.25) is 0 Å². The molecule has 0 heteroatoms. The van der Waals surface area contributed by atoms with Crippen molar-refractivity contribution in [1.82, 2.24) is 0 Å². The third kappa shape index (κ3) is 3.23. The first kappa shape index (κ1) is 21.6. The molecule has 6 aromatic rings. The Kier molecular flexibility index (Phi) is 4.58. The highest BCUT2D eigenvalue weighted by Gasteiger charge is 2.29. The quantitative estimate of drug-likeness (QED) is 0.201. The fourth-order valence-electron chi connectivity index (χ4n) is 6.73. The smallest absolute Gasteiger partial charge is 0.00132 e. The average Bonchev–Trinajstić information content (AvgIpc) is 2.93. The predicted octanol–water partition coefficient (Wildman–Crippen LogP) is 9.43. The van der Waals surface area contributed by atoms with E-state index < -0.39 is 0 Å². The monoisotopic (exact) mass is 484 g/mol. The van der Waals surface area contributed by atoms with Gasteiger partial charge in [0.15, 0.2) is 0 Å². The molecule has 0 unspecified atom stereocenters. The van der Waals surface area contributed by atoms with Crippen molar-refractivity contribution >= 4 is 32.7 Å². The van der Waals surface area contributed by atoms with Crippen LogP contribution in [0.3, 0.4) is 0 Å². The highest BCUT2D eigenvalue weighted by atomic mass is 14.3. The van der Waals surface area contributed by atoms with Gasteiger partial charge in [0.05, 0.1) is 0 Å². The van der Waals surface area contributed by atoms with Crippen molar-refractivity contribution in [3.63, 3.8) is 0 Å². The Morgan fingerprint density at radius 1 is 0.368 bits per heavy atom. The third-order valence-corrected chi connectivity index (χ3v) is 8.56. The molecule has 0 radical (unpaired) electrons. The van der Waals surface area contributed by atoms with E-state index in [1.54, 1.807) is 0 Å². The molecule has 0 nitrogen and oxygen atoms in total. The van der Waals surface area contributed by atoms with Gasteiger partial charge in [-0.05, 0) is 116 Å². The molecule has 180 valence electrons. The van der Waals surface area contributed by atoms with E-state index in [1.165, 1.54) is 88.3 Å². The first-order chi connectivity index (χ1) is 18.6. The molecule has 0 spiro atoms. The van der Waals surface area contributed by atoms with Crippen molar-refractivity contribution < 1.29 is 0 Å². The van der Waals surface area contributed by atoms with Crippen molar-refractivity contribution in [3.8, 4) is 0 Å². The molecule has 0 amide bonds. The summed E-state index contributed by atoms with van der Waals surface area (Å²) in [5.74, 6) is 0. The maximum Gasteiger partial charge on any atom is -0.00132 e. The van der Waals surface area contributed by atoms with E-state index in [0.717, 1.165) is 12.8 Å². The van der Waals surface area contributed by atoms with Gasteiger partial charge in [-0.2, -0.15) is 0 Å². The van der Waals surface area contributed by atoms with Crippen LogP contribution in [0.5, 0.6) is 0 Å². The molecule has 0 N–H and O–H groups in total. The fraction of sp³-hybridized carbons (Fsp3) is 0.105. The Labute approximate surface area is 223 Å². The van der Waals surface area contributed by atoms with E-state index in [1.807, 2.05) is 0 Å². The fourth-order valence-corrected chi connectivity index (χ4v) is 6.73. The zero-order valence-electron chi connectivity index (χ0n) is 21.8. The van der Waals surface area contributed by atoms with Gasteiger partial charge in [-0.3, -0.25) is 0 Å². The van der Waals surface area contributed by atoms with Crippen LogP contribution in [0, 0.1) is 13.8 Å². The van der Waals surface area contributed by atoms with Crippen LogP contribution in [0.15, 0.2) is 109 Å². The van der Waals surface area contributed by atoms with Crippen LogP contribution >= 0.6 is 0 Å². The Bertz CT molecular complexity index is 1840. The summed E-state index contributed by atoms with van der Waals surface area (Å²) in [5, 5.41) is 5.24. The van der Waals surface area contributed by atoms with Crippen LogP contribution in [0.1, 0.15) is 55.6 Å². The Morgan fingerprint density at radius 3 is 1.16 bits per heavy atom. The summed E-state index contributed by atoms with van der Waals surface area (Å²) in [6.45, 7) is 4.44. The number of aryl methyl sites for hydroxylation is 2. The van der Waals surface area contributed by atoms with Gasteiger partial charge >= 0.3 is 0 Å². The predicted molar refractivity (Wildman–Crippen MR) is 161 cm³/mol. The van der Waals surface area contributed by atoms with Gasteiger partial charge in [0.25, 0.3) is 0 Å². The average molecular weight is 485 g/mol. The minimum Gasteiger partial charge on any atom is -0.0616 e. The molecule has 0 saturated heterocycles. The lowest BCUT2D eigenvalue weighted by Gasteiger charge is -2.31. The maximum absolute atomic E-state index is 2.45. The molecule has 0 aromatic heterocycles. The number of benzene rings is 6. The molecule has 0 saturated carbocycles. The van der Waals surface area contributed by atoms with Crippen LogP contribution in [-0.4, -0.2) is 0 Å². The minimum absolute atomic E-state index is 0.970. The molecule has 0 bridgehead atoms. The normalized spacial score (nSPS) is 15.6. The summed E-state index contributed by atoms with van der Waals surface area (Å²) < 4.78 is 0. The van der Waals surface area contributed by atoms with Crippen molar-refractivity contribution in [3.05, 3.63) is 165 Å². The van der Waals surface area contributed by atoms with Crippen molar-refractivity contribution in [2.45, 2.75) is 26.7 Å². The highest BCUT2D eigenvalue weighted by Crippen LogP contribution is 2.48. The largest absolute Gasteiger partial charge is 0.0616 e. The summed E-state index contributed by atoms with van der Waals surface area (Å²) >= 11 is 0. The van der Waals surface area contributed by atoms with Gasteiger partial charge in [-0.1, -0.05) is 108 Å². The second-order valence-electron chi connectivity index (χ2n) is 11.1. The lowest BCUT2D eigenvalue weighted by atomic mass is 9.72. The van der Waals surface area contributed by atoms with Gasteiger partial charge in [-0.25, -0.2) is 0 Å². The first-order valence-corrected chi connectivity index (χ1v) is 13.6. The summed E-state index contributed by atoms with van der Waals surface area (Å²) in [6.07, 6.45) is 1.94. The van der Waals surface area contributed by atoms with Crippen LogP contribution < -0.4 is 0 Å². The summed E-state index contributed by atoms with van der Waals surface area (Å²) in [5.41, 5.74) is 16.6. The molecule has 0 aliphatic heterocycles. The molecule has 2 aliphatic carbocycles. The molecular weight excluding hydrogens is 456 g/mol. The topological polar surface area (TPSA) is 0 Å². The molecule has 0 heterocycles. The standard InChI is InChI=1S/C38H28/c1-23-11-13-29-19-31-17-25-7-3-5-9-27(25)21-35(31)37(33(29)15-23)38-34-16-24(2)12-14-30(34)20-32-18-26-8-4-6-10-28(26)22-36(32)38/h3-18,21-22H,19-20H2,1-2H3/b38-37+. The third-order valence-electron chi connectivity index (χ3n) is 8.56. The lowest BCUT2D eigenvalue weighted by molar-refractivity contribution is 1.12. The molecule has 0 atom stereocenters. The molecule has 38 heavy (non-hydrogen) atoms. The maximum atomic E-state index is 2.45. The van der Waals surface area contributed by atoms with Crippen molar-refractivity contribution in [2.24, 2.45) is 0 Å². The molecule has 0 fully saturated rings. The van der Waals surface area contributed by atoms with E-state index in [4.69, 9.17) is 0 Å². The van der Waals surface area contributed by atoms with Gasteiger partial charge in [-0.15, -0.1) is 0 Å². The summed E-state index contributed by atoms with van der Waals surface area (Å²) in [4.78, 5) is 0. The van der Waals surface area contributed by atoms with E-state index >= 15 is 0 Å².